The molecule has 1 aromatic rings. The van der Waals surface area contributed by atoms with Gasteiger partial charge in [-0.25, -0.2) is 4.39 Å². The topological polar surface area (TPSA) is 32.3 Å². The van der Waals surface area contributed by atoms with Crippen molar-refractivity contribution in [1.82, 2.24) is 10.2 Å². The predicted molar refractivity (Wildman–Crippen MR) is 111 cm³/mol. The lowest BCUT2D eigenvalue weighted by molar-refractivity contribution is -0.123. The van der Waals surface area contributed by atoms with Gasteiger partial charge in [-0.05, 0) is 82.0 Å². The molecule has 1 aromatic carbocycles. The number of allylic oxidation sites excluding steroid dienone is 1. The van der Waals surface area contributed by atoms with Crippen LogP contribution in [0.25, 0.3) is 0 Å². The molecule has 2 aliphatic carbocycles. The summed E-state index contributed by atoms with van der Waals surface area (Å²) < 4.78 is 14.0. The first-order valence-electron chi connectivity index (χ1n) is 10.7. The molecule has 1 spiro atoms. The van der Waals surface area contributed by atoms with Crippen LogP contribution in [0.2, 0.25) is 5.02 Å². The zero-order valence-corrected chi connectivity index (χ0v) is 17.2. The molecule has 1 atom stereocenters. The van der Waals surface area contributed by atoms with Crippen molar-refractivity contribution < 1.29 is 9.18 Å². The molecule has 1 saturated heterocycles. The fourth-order valence-electron chi connectivity index (χ4n) is 4.94. The second kappa shape index (κ2) is 8.54. The summed E-state index contributed by atoms with van der Waals surface area (Å²) >= 11 is 6.16. The average Bonchev–Trinajstić information content (AvgIpc) is 3.41. The molecule has 1 heterocycles. The maximum absolute atomic E-state index is 14.0. The van der Waals surface area contributed by atoms with Crippen molar-refractivity contribution in [3.8, 4) is 0 Å². The van der Waals surface area contributed by atoms with Gasteiger partial charge >= 0.3 is 0 Å². The summed E-state index contributed by atoms with van der Waals surface area (Å²) in [7, 11) is 0. The number of nitrogens with one attached hydrogen (secondary N) is 1. The van der Waals surface area contributed by atoms with E-state index in [0.717, 1.165) is 45.3 Å². The Balaban J connectivity index is 1.22. The third kappa shape index (κ3) is 4.44. The van der Waals surface area contributed by atoms with Crippen LogP contribution in [0.15, 0.2) is 29.8 Å². The molecule has 1 saturated carbocycles. The van der Waals surface area contributed by atoms with Crippen LogP contribution in [-0.2, 0) is 11.3 Å². The number of nitrogens with zero attached hydrogens (tertiary/aromatic N) is 1. The monoisotopic (exact) mass is 404 g/mol. The maximum Gasteiger partial charge on any atom is 0.223 e. The van der Waals surface area contributed by atoms with Gasteiger partial charge in [0.25, 0.3) is 0 Å². The number of rotatable bonds is 6. The van der Waals surface area contributed by atoms with Gasteiger partial charge < -0.3 is 5.32 Å². The minimum atomic E-state index is -0.232. The predicted octanol–water partition coefficient (Wildman–Crippen LogP) is 5.09. The average molecular weight is 405 g/mol. The smallest absolute Gasteiger partial charge is 0.223 e. The van der Waals surface area contributed by atoms with Crippen LogP contribution < -0.4 is 5.32 Å². The molecule has 3 aliphatic rings. The summed E-state index contributed by atoms with van der Waals surface area (Å²) in [5.74, 6) is 0.179. The lowest BCUT2D eigenvalue weighted by atomic mass is 9.90. The Kier molecular flexibility index (Phi) is 6.07. The van der Waals surface area contributed by atoms with Gasteiger partial charge in [0.1, 0.15) is 5.82 Å². The normalized spacial score (nSPS) is 24.1. The number of carbonyl (C=O) groups is 1. The van der Waals surface area contributed by atoms with Gasteiger partial charge in [0.2, 0.25) is 5.91 Å². The van der Waals surface area contributed by atoms with E-state index in [-0.39, 0.29) is 23.1 Å². The lowest BCUT2D eigenvalue weighted by Gasteiger charge is -2.33. The van der Waals surface area contributed by atoms with Crippen LogP contribution in [0.1, 0.15) is 56.9 Å². The highest BCUT2D eigenvalue weighted by Crippen LogP contribution is 2.59. The quantitative estimate of drug-likeness (QED) is 0.670. The molecule has 28 heavy (non-hydrogen) atoms. The molecule has 152 valence electrons. The Morgan fingerprint density at radius 3 is 2.82 bits per heavy atom. The molecular weight excluding hydrogens is 375 g/mol. The molecule has 3 nitrogen and oxygen atoms in total. The van der Waals surface area contributed by atoms with Crippen molar-refractivity contribution in [2.45, 2.75) is 57.9 Å². The third-order valence-corrected chi connectivity index (χ3v) is 7.29. The standard InChI is InChI=1S/C23H30ClFN2O/c24-20-7-4-8-21(25)18(20)16-27-13-10-23(11-14-27)15-19(23)22(28)26-12-9-17-5-2-1-3-6-17/h4-5,7-8,19H,1-3,6,9-16H2,(H,26,28)/t19-/m0/s1. The van der Waals surface area contributed by atoms with Crippen LogP contribution in [0, 0.1) is 17.2 Å². The number of hydrogen-bond donors (Lipinski definition) is 1. The molecule has 4 rings (SSSR count). The lowest BCUT2D eigenvalue weighted by Crippen LogP contribution is -2.37. The van der Waals surface area contributed by atoms with Gasteiger partial charge in [-0.3, -0.25) is 9.69 Å². The number of piperidine rings is 1. The molecule has 0 radical (unpaired) electrons. The number of halogens is 2. The van der Waals surface area contributed by atoms with E-state index in [4.69, 9.17) is 11.6 Å². The first-order valence-corrected chi connectivity index (χ1v) is 11.1. The highest BCUT2D eigenvalue weighted by atomic mass is 35.5. The van der Waals surface area contributed by atoms with Crippen molar-refractivity contribution in [1.29, 1.82) is 0 Å². The van der Waals surface area contributed by atoms with E-state index in [1.54, 1.807) is 12.1 Å². The molecule has 5 heteroatoms. The minimum absolute atomic E-state index is 0.173. The van der Waals surface area contributed by atoms with Crippen LogP contribution in [-0.4, -0.2) is 30.4 Å². The van der Waals surface area contributed by atoms with Gasteiger partial charge in [0.15, 0.2) is 0 Å². The molecule has 1 aliphatic heterocycles. The fourth-order valence-corrected chi connectivity index (χ4v) is 5.16. The second-order valence-corrected chi connectivity index (χ2v) is 9.15. The largest absolute Gasteiger partial charge is 0.356 e. The van der Waals surface area contributed by atoms with E-state index >= 15 is 0 Å². The molecule has 2 fully saturated rings. The van der Waals surface area contributed by atoms with E-state index < -0.39 is 0 Å². The minimum Gasteiger partial charge on any atom is -0.356 e. The summed E-state index contributed by atoms with van der Waals surface area (Å²) in [5, 5.41) is 3.67. The highest BCUT2D eigenvalue weighted by molar-refractivity contribution is 6.31. The summed E-state index contributed by atoms with van der Waals surface area (Å²) in [4.78, 5) is 14.8. The van der Waals surface area contributed by atoms with E-state index in [1.807, 2.05) is 0 Å². The van der Waals surface area contributed by atoms with Crippen molar-refractivity contribution >= 4 is 17.5 Å². The van der Waals surface area contributed by atoms with Crippen molar-refractivity contribution in [2.75, 3.05) is 19.6 Å². The molecule has 0 aromatic heterocycles. The molecular formula is C23H30ClFN2O. The van der Waals surface area contributed by atoms with E-state index in [1.165, 1.54) is 37.3 Å². The van der Waals surface area contributed by atoms with Crippen molar-refractivity contribution in [2.24, 2.45) is 11.3 Å². The Morgan fingerprint density at radius 2 is 2.11 bits per heavy atom. The van der Waals surface area contributed by atoms with Gasteiger partial charge in [0, 0.05) is 29.6 Å². The third-order valence-electron chi connectivity index (χ3n) is 6.93. The van der Waals surface area contributed by atoms with E-state index in [9.17, 15) is 9.18 Å². The number of amides is 1. The highest BCUT2D eigenvalue weighted by Gasteiger charge is 2.58. The Morgan fingerprint density at radius 1 is 1.29 bits per heavy atom. The van der Waals surface area contributed by atoms with E-state index in [0.29, 0.717) is 17.1 Å². The van der Waals surface area contributed by atoms with Crippen LogP contribution in [0.3, 0.4) is 0 Å². The second-order valence-electron chi connectivity index (χ2n) is 8.74. The molecule has 1 amide bonds. The van der Waals surface area contributed by atoms with Crippen LogP contribution in [0.4, 0.5) is 4.39 Å². The molecule has 1 N–H and O–H groups in total. The summed E-state index contributed by atoms with van der Waals surface area (Å²) in [6.07, 6.45) is 11.4. The fraction of sp³-hybridized carbons (Fsp3) is 0.609. The maximum atomic E-state index is 14.0. The van der Waals surface area contributed by atoms with Crippen LogP contribution in [0.5, 0.6) is 0 Å². The molecule has 0 bridgehead atoms. The van der Waals surface area contributed by atoms with Crippen LogP contribution >= 0.6 is 11.6 Å². The zero-order chi connectivity index (χ0) is 19.6. The number of benzene rings is 1. The first-order chi connectivity index (χ1) is 13.6. The van der Waals surface area contributed by atoms with E-state index in [2.05, 4.69) is 16.3 Å². The summed E-state index contributed by atoms with van der Waals surface area (Å²) in [6.45, 7) is 3.13. The number of likely N-dealkylation sites (tertiary alicyclic amines) is 1. The Bertz CT molecular complexity index is 735. The van der Waals surface area contributed by atoms with Crippen molar-refractivity contribution in [3.63, 3.8) is 0 Å². The van der Waals surface area contributed by atoms with Gasteiger partial charge in [-0.2, -0.15) is 0 Å². The number of carbonyl (C=O) groups excluding carboxylic acids is 1. The Hall–Kier alpha value is -1.39. The first kappa shape index (κ1) is 19.9. The van der Waals surface area contributed by atoms with Gasteiger partial charge in [0.05, 0.1) is 0 Å². The zero-order valence-electron chi connectivity index (χ0n) is 16.5. The Labute approximate surface area is 172 Å². The summed E-state index contributed by atoms with van der Waals surface area (Å²) in [5.41, 5.74) is 2.28. The molecule has 0 unspecified atom stereocenters. The summed E-state index contributed by atoms with van der Waals surface area (Å²) in [6, 6.07) is 4.86. The van der Waals surface area contributed by atoms with Gasteiger partial charge in [-0.15, -0.1) is 0 Å². The SMILES string of the molecule is O=C(NCCC1=CCCCC1)[C@@H]1CC12CCN(Cc1c(F)cccc1Cl)CC2. The van der Waals surface area contributed by atoms with Gasteiger partial charge in [-0.1, -0.05) is 29.3 Å². The van der Waals surface area contributed by atoms with Crippen molar-refractivity contribution in [3.05, 3.63) is 46.3 Å². The number of hydrogen-bond acceptors (Lipinski definition) is 2.